The van der Waals surface area contributed by atoms with Crippen molar-refractivity contribution in [3.05, 3.63) is 29.6 Å². The minimum absolute atomic E-state index is 0.186. The summed E-state index contributed by atoms with van der Waals surface area (Å²) < 4.78 is 40.3. The van der Waals surface area contributed by atoms with Crippen molar-refractivity contribution in [2.45, 2.75) is 30.2 Å². The van der Waals surface area contributed by atoms with E-state index >= 15 is 0 Å². The molecular formula is C13H13FN2O4S. The highest BCUT2D eigenvalue weighted by atomic mass is 32.2. The van der Waals surface area contributed by atoms with Gasteiger partial charge in [0.05, 0.1) is 5.92 Å². The maximum Gasteiger partial charge on any atom is 0.306 e. The van der Waals surface area contributed by atoms with Crippen LogP contribution in [-0.4, -0.2) is 25.5 Å². The van der Waals surface area contributed by atoms with E-state index in [4.69, 9.17) is 10.4 Å². The first-order valence-electron chi connectivity index (χ1n) is 6.29. The normalized spacial score (nSPS) is 21.9. The summed E-state index contributed by atoms with van der Waals surface area (Å²) in [5.41, 5.74) is -0.544. The highest BCUT2D eigenvalue weighted by Crippen LogP contribution is 2.27. The molecule has 0 amide bonds. The van der Waals surface area contributed by atoms with Gasteiger partial charge in [-0.2, -0.15) is 5.26 Å². The van der Waals surface area contributed by atoms with E-state index in [0.717, 1.165) is 12.1 Å². The Labute approximate surface area is 121 Å². The second kappa shape index (κ2) is 5.79. The second-order valence-corrected chi connectivity index (χ2v) is 6.57. The van der Waals surface area contributed by atoms with Gasteiger partial charge in [-0.15, -0.1) is 0 Å². The fourth-order valence-corrected chi connectivity index (χ4v) is 3.88. The summed E-state index contributed by atoms with van der Waals surface area (Å²) in [7, 11) is -4.06. The summed E-state index contributed by atoms with van der Waals surface area (Å²) in [4.78, 5) is 10.4. The number of rotatable bonds is 4. The van der Waals surface area contributed by atoms with Gasteiger partial charge in [-0.05, 0) is 31.4 Å². The predicted octanol–water partition coefficient (Wildman–Crippen LogP) is 1.23. The van der Waals surface area contributed by atoms with Crippen molar-refractivity contribution < 1.29 is 22.7 Å². The predicted molar refractivity (Wildman–Crippen MR) is 70.2 cm³/mol. The number of nitrogens with one attached hydrogen (secondary N) is 1. The lowest BCUT2D eigenvalue weighted by atomic mass is 10.1. The highest BCUT2D eigenvalue weighted by Gasteiger charge is 2.33. The molecule has 0 spiro atoms. The number of nitrogens with zero attached hydrogens (tertiary/aromatic N) is 1. The zero-order valence-electron chi connectivity index (χ0n) is 10.9. The monoisotopic (exact) mass is 312 g/mol. The third kappa shape index (κ3) is 3.20. The molecule has 6 nitrogen and oxygen atoms in total. The van der Waals surface area contributed by atoms with Gasteiger partial charge in [0.25, 0.3) is 0 Å². The first-order chi connectivity index (χ1) is 9.85. The number of nitriles is 1. The van der Waals surface area contributed by atoms with E-state index in [1.807, 2.05) is 0 Å². The molecule has 1 aliphatic carbocycles. The molecule has 0 saturated heterocycles. The molecule has 0 aliphatic heterocycles. The van der Waals surface area contributed by atoms with Crippen molar-refractivity contribution >= 4 is 16.0 Å². The molecule has 1 saturated carbocycles. The Hall–Kier alpha value is -1.98. The van der Waals surface area contributed by atoms with Gasteiger partial charge in [-0.25, -0.2) is 17.5 Å². The Balaban J connectivity index is 2.23. The van der Waals surface area contributed by atoms with Crippen LogP contribution >= 0.6 is 0 Å². The molecule has 0 radical (unpaired) electrons. The Morgan fingerprint density at radius 2 is 2.14 bits per heavy atom. The van der Waals surface area contributed by atoms with E-state index in [-0.39, 0.29) is 6.42 Å². The Kier molecular flexibility index (Phi) is 4.25. The lowest BCUT2D eigenvalue weighted by Crippen LogP contribution is -2.34. The number of benzene rings is 1. The van der Waals surface area contributed by atoms with Gasteiger partial charge >= 0.3 is 5.97 Å². The summed E-state index contributed by atoms with van der Waals surface area (Å²) in [5, 5.41) is 17.8. The van der Waals surface area contributed by atoms with Gasteiger partial charge in [0.2, 0.25) is 10.0 Å². The summed E-state index contributed by atoms with van der Waals surface area (Å²) >= 11 is 0. The Bertz CT molecular complexity index is 711. The number of hydrogen-bond donors (Lipinski definition) is 2. The van der Waals surface area contributed by atoms with Gasteiger partial charge in [0, 0.05) is 6.04 Å². The first-order valence-corrected chi connectivity index (χ1v) is 7.77. The molecule has 2 unspecified atom stereocenters. The molecule has 2 atom stereocenters. The lowest BCUT2D eigenvalue weighted by Gasteiger charge is -2.14. The molecule has 0 bridgehead atoms. The largest absolute Gasteiger partial charge is 0.481 e. The maximum absolute atomic E-state index is 13.5. The number of halogens is 1. The molecule has 21 heavy (non-hydrogen) atoms. The highest BCUT2D eigenvalue weighted by molar-refractivity contribution is 7.89. The van der Waals surface area contributed by atoms with E-state index in [9.17, 15) is 17.6 Å². The fraction of sp³-hybridized carbons (Fsp3) is 0.385. The number of sulfonamides is 1. The first kappa shape index (κ1) is 15.4. The summed E-state index contributed by atoms with van der Waals surface area (Å²) in [6.07, 6.45) is 0.968. The number of carbonyl (C=O) groups is 1. The van der Waals surface area contributed by atoms with Crippen LogP contribution in [0.1, 0.15) is 24.8 Å². The van der Waals surface area contributed by atoms with E-state index in [1.54, 1.807) is 0 Å². The Morgan fingerprint density at radius 3 is 2.71 bits per heavy atom. The van der Waals surface area contributed by atoms with E-state index in [0.29, 0.717) is 12.8 Å². The van der Waals surface area contributed by atoms with Crippen molar-refractivity contribution in [1.82, 2.24) is 4.72 Å². The number of hydrogen-bond acceptors (Lipinski definition) is 4. The molecule has 1 aliphatic rings. The molecule has 2 rings (SSSR count). The van der Waals surface area contributed by atoms with Crippen LogP contribution in [0.3, 0.4) is 0 Å². The minimum atomic E-state index is -4.06. The van der Waals surface area contributed by atoms with Crippen LogP contribution in [0.2, 0.25) is 0 Å². The van der Waals surface area contributed by atoms with Crippen molar-refractivity contribution in [1.29, 1.82) is 5.26 Å². The van der Waals surface area contributed by atoms with Crippen molar-refractivity contribution in [3.63, 3.8) is 0 Å². The maximum atomic E-state index is 13.5. The van der Waals surface area contributed by atoms with Gasteiger partial charge in [-0.3, -0.25) is 4.79 Å². The molecule has 112 valence electrons. The molecule has 8 heteroatoms. The second-order valence-electron chi connectivity index (χ2n) is 4.89. The topological polar surface area (TPSA) is 107 Å². The van der Waals surface area contributed by atoms with Crippen LogP contribution in [0.25, 0.3) is 0 Å². The van der Waals surface area contributed by atoms with Gasteiger partial charge < -0.3 is 5.11 Å². The SMILES string of the molecule is N#Cc1c(F)cccc1S(=O)(=O)NC1CCC(C(=O)O)C1. The lowest BCUT2D eigenvalue weighted by molar-refractivity contribution is -0.141. The van der Waals surface area contributed by atoms with E-state index < -0.39 is 44.2 Å². The molecule has 0 aromatic heterocycles. The van der Waals surface area contributed by atoms with Crippen molar-refractivity contribution in [2.75, 3.05) is 0 Å². The van der Waals surface area contributed by atoms with E-state index in [1.165, 1.54) is 12.1 Å². The summed E-state index contributed by atoms with van der Waals surface area (Å²) in [6, 6.07) is 4.37. The smallest absolute Gasteiger partial charge is 0.306 e. The molecule has 1 aromatic carbocycles. The third-order valence-electron chi connectivity index (χ3n) is 3.48. The van der Waals surface area contributed by atoms with Crippen LogP contribution in [0.4, 0.5) is 4.39 Å². The van der Waals surface area contributed by atoms with Crippen LogP contribution < -0.4 is 4.72 Å². The zero-order valence-corrected chi connectivity index (χ0v) is 11.7. The molecule has 1 fully saturated rings. The standard InChI is InChI=1S/C13H13FN2O4S/c14-11-2-1-3-12(10(11)7-15)21(19,20)16-9-5-4-8(6-9)13(17)18/h1-3,8-9,16H,4-6H2,(H,17,18). The molecule has 1 aromatic rings. The van der Waals surface area contributed by atoms with Crippen LogP contribution in [0.15, 0.2) is 23.1 Å². The van der Waals surface area contributed by atoms with Crippen LogP contribution in [-0.2, 0) is 14.8 Å². The third-order valence-corrected chi connectivity index (χ3v) is 5.04. The van der Waals surface area contributed by atoms with Gasteiger partial charge in [0.15, 0.2) is 0 Å². The van der Waals surface area contributed by atoms with Gasteiger partial charge in [-0.1, -0.05) is 6.07 Å². The Morgan fingerprint density at radius 1 is 1.43 bits per heavy atom. The van der Waals surface area contributed by atoms with E-state index in [2.05, 4.69) is 4.72 Å². The molecule has 2 N–H and O–H groups in total. The molecule has 0 heterocycles. The summed E-state index contributed by atoms with van der Waals surface area (Å²) in [6.45, 7) is 0. The van der Waals surface area contributed by atoms with Crippen LogP contribution in [0.5, 0.6) is 0 Å². The number of carboxylic acids is 1. The average molecular weight is 312 g/mol. The fourth-order valence-electron chi connectivity index (χ4n) is 2.43. The quantitative estimate of drug-likeness (QED) is 0.869. The number of carboxylic acid groups (broad SMARTS) is 1. The number of aliphatic carboxylic acids is 1. The average Bonchev–Trinajstić information content (AvgIpc) is 2.86. The molecular weight excluding hydrogens is 299 g/mol. The van der Waals surface area contributed by atoms with Crippen molar-refractivity contribution in [2.24, 2.45) is 5.92 Å². The minimum Gasteiger partial charge on any atom is -0.481 e. The van der Waals surface area contributed by atoms with Crippen LogP contribution in [0, 0.1) is 23.1 Å². The zero-order chi connectivity index (χ0) is 15.6. The van der Waals surface area contributed by atoms with Gasteiger partial charge in [0.1, 0.15) is 22.3 Å². The van der Waals surface area contributed by atoms with Crippen molar-refractivity contribution in [3.8, 4) is 6.07 Å². The summed E-state index contributed by atoms with van der Waals surface area (Å²) in [5.74, 6) is -2.45.